The van der Waals surface area contributed by atoms with Gasteiger partial charge < -0.3 is 9.47 Å². The maximum absolute atomic E-state index is 13.1. The zero-order chi connectivity index (χ0) is 26.5. The number of hydrogen-bond donors (Lipinski definition) is 0. The minimum Gasteiger partial charge on any atom is -0.490 e. The van der Waals surface area contributed by atoms with Crippen molar-refractivity contribution in [3.63, 3.8) is 0 Å². The van der Waals surface area contributed by atoms with Gasteiger partial charge >= 0.3 is 0 Å². The number of allylic oxidation sites excluding steroid dienone is 1. The van der Waals surface area contributed by atoms with E-state index in [1.165, 1.54) is 0 Å². The van der Waals surface area contributed by atoms with E-state index in [4.69, 9.17) is 44.3 Å². The van der Waals surface area contributed by atoms with Crippen LogP contribution in [0.3, 0.4) is 0 Å². The molecule has 0 aliphatic carbocycles. The molecule has 0 bridgehead atoms. The highest BCUT2D eigenvalue weighted by Gasteiger charge is 2.36. The van der Waals surface area contributed by atoms with Gasteiger partial charge in [0.15, 0.2) is 11.5 Å². The van der Waals surface area contributed by atoms with Gasteiger partial charge in [0, 0.05) is 10.6 Å². The molecule has 3 aromatic carbocycles. The van der Waals surface area contributed by atoms with Gasteiger partial charge in [-0.15, -0.1) is 6.58 Å². The van der Waals surface area contributed by atoms with Crippen molar-refractivity contribution in [1.29, 1.82) is 0 Å². The fourth-order valence-corrected chi connectivity index (χ4v) is 5.09. The van der Waals surface area contributed by atoms with E-state index in [1.54, 1.807) is 54.6 Å². The lowest BCUT2D eigenvalue weighted by Crippen LogP contribution is -2.27. The molecular formula is C28H22Cl3NO4S. The second-order valence-corrected chi connectivity index (χ2v) is 10.2. The molecule has 1 aliphatic heterocycles. The number of nitrogens with zero attached hydrogens (tertiary/aromatic N) is 1. The third kappa shape index (κ3) is 6.33. The van der Waals surface area contributed by atoms with Gasteiger partial charge in [-0.1, -0.05) is 53.0 Å². The van der Waals surface area contributed by atoms with Gasteiger partial charge in [-0.05, 0) is 84.8 Å². The lowest BCUT2D eigenvalue weighted by molar-refractivity contribution is -0.113. The molecule has 1 saturated heterocycles. The summed E-state index contributed by atoms with van der Waals surface area (Å²) in [6.45, 7) is 6.38. The summed E-state index contributed by atoms with van der Waals surface area (Å²) in [4.78, 5) is 27.2. The van der Waals surface area contributed by atoms with Gasteiger partial charge in [0.2, 0.25) is 0 Å². The highest BCUT2D eigenvalue weighted by Crippen LogP contribution is 2.39. The first-order valence-corrected chi connectivity index (χ1v) is 13.3. The average Bonchev–Trinajstić information content (AvgIpc) is 3.13. The molecular weight excluding hydrogens is 553 g/mol. The number of carbonyl (C=O) groups is 2. The number of benzene rings is 3. The van der Waals surface area contributed by atoms with E-state index in [1.807, 2.05) is 19.1 Å². The summed E-state index contributed by atoms with van der Waals surface area (Å²) < 4.78 is 12.1. The van der Waals surface area contributed by atoms with Crippen LogP contribution in [-0.2, 0) is 17.8 Å². The molecule has 0 radical (unpaired) electrons. The van der Waals surface area contributed by atoms with Gasteiger partial charge in [0.25, 0.3) is 11.1 Å². The number of carbonyl (C=O) groups excluding carboxylic acids is 2. The Labute approximate surface area is 234 Å². The third-order valence-corrected chi connectivity index (χ3v) is 7.19. The smallest absolute Gasteiger partial charge is 0.298 e. The van der Waals surface area contributed by atoms with Crippen molar-refractivity contribution < 1.29 is 19.1 Å². The lowest BCUT2D eigenvalue weighted by atomic mass is 10.0. The first kappa shape index (κ1) is 27.1. The molecule has 0 aromatic heterocycles. The predicted octanol–water partition coefficient (Wildman–Crippen LogP) is 8.59. The summed E-state index contributed by atoms with van der Waals surface area (Å²) in [5.74, 6) is 0.666. The Morgan fingerprint density at radius 2 is 1.81 bits per heavy atom. The molecule has 2 amide bonds. The van der Waals surface area contributed by atoms with Gasteiger partial charge in [-0.25, -0.2) is 4.90 Å². The Bertz CT molecular complexity index is 1410. The topological polar surface area (TPSA) is 55.8 Å². The number of rotatable bonds is 9. The number of imide groups is 1. The summed E-state index contributed by atoms with van der Waals surface area (Å²) in [6, 6.07) is 15.6. The van der Waals surface area contributed by atoms with Crippen molar-refractivity contribution >= 4 is 69.5 Å². The summed E-state index contributed by atoms with van der Waals surface area (Å²) >= 11 is 19.1. The van der Waals surface area contributed by atoms with Gasteiger partial charge in [-0.3, -0.25) is 9.59 Å². The molecule has 0 saturated carbocycles. The van der Waals surface area contributed by atoms with Crippen molar-refractivity contribution in [1.82, 2.24) is 0 Å². The minimum atomic E-state index is -0.416. The molecule has 1 fully saturated rings. The van der Waals surface area contributed by atoms with Crippen LogP contribution in [0.4, 0.5) is 10.5 Å². The molecule has 1 heterocycles. The zero-order valence-corrected chi connectivity index (χ0v) is 22.9. The first-order valence-electron chi connectivity index (χ1n) is 11.3. The molecule has 1 aliphatic rings. The van der Waals surface area contributed by atoms with Crippen molar-refractivity contribution in [2.24, 2.45) is 0 Å². The van der Waals surface area contributed by atoms with E-state index >= 15 is 0 Å². The van der Waals surface area contributed by atoms with Crippen LogP contribution in [0.25, 0.3) is 6.08 Å². The van der Waals surface area contributed by atoms with Crippen molar-refractivity contribution in [3.05, 3.63) is 104 Å². The molecule has 190 valence electrons. The lowest BCUT2D eigenvalue weighted by Gasteiger charge is -2.17. The first-order chi connectivity index (χ1) is 17.8. The normalized spacial score (nSPS) is 14.4. The fraction of sp³-hybridized carbons (Fsp3) is 0.143. The number of hydrogen-bond acceptors (Lipinski definition) is 5. The molecule has 0 unspecified atom stereocenters. The van der Waals surface area contributed by atoms with Gasteiger partial charge in [-0.2, -0.15) is 0 Å². The fourth-order valence-electron chi connectivity index (χ4n) is 3.74. The van der Waals surface area contributed by atoms with Crippen LogP contribution in [0.1, 0.15) is 23.6 Å². The second kappa shape index (κ2) is 12.1. The molecule has 37 heavy (non-hydrogen) atoms. The number of amides is 2. The zero-order valence-electron chi connectivity index (χ0n) is 19.8. The molecule has 3 aromatic rings. The predicted molar refractivity (Wildman–Crippen MR) is 152 cm³/mol. The standard InChI is InChI=1S/C28H22Cl3NO4S/c1-3-6-19-11-18(14-25-27(33)32(28(34)37-25)21-8-5-7-20(29)15-21)13-24(35-4-2)26(19)36-16-17-9-10-22(30)23(31)12-17/h3,5,7-15H,1,4,6,16H2,2H3/b25-14+. The molecule has 0 N–H and O–H groups in total. The van der Waals surface area contributed by atoms with Crippen molar-refractivity contribution in [3.8, 4) is 11.5 Å². The van der Waals surface area contributed by atoms with Gasteiger partial charge in [0.1, 0.15) is 6.61 Å². The van der Waals surface area contributed by atoms with E-state index in [2.05, 4.69) is 6.58 Å². The number of halogens is 3. The maximum atomic E-state index is 13.1. The van der Waals surface area contributed by atoms with Crippen molar-refractivity contribution in [2.45, 2.75) is 20.0 Å². The SMILES string of the molecule is C=CCc1cc(/C=C2/SC(=O)N(c3cccc(Cl)c3)C2=O)cc(OCC)c1OCc1ccc(Cl)c(Cl)c1. The van der Waals surface area contributed by atoms with Crippen LogP contribution in [0.2, 0.25) is 15.1 Å². The van der Waals surface area contributed by atoms with E-state index in [9.17, 15) is 9.59 Å². The van der Waals surface area contributed by atoms with Crippen molar-refractivity contribution in [2.75, 3.05) is 11.5 Å². The highest BCUT2D eigenvalue weighted by molar-refractivity contribution is 8.19. The molecule has 5 nitrogen and oxygen atoms in total. The highest BCUT2D eigenvalue weighted by atomic mass is 35.5. The quantitative estimate of drug-likeness (QED) is 0.189. The monoisotopic (exact) mass is 573 g/mol. The van der Waals surface area contributed by atoms with Crippen LogP contribution in [0, 0.1) is 0 Å². The Balaban J connectivity index is 1.66. The van der Waals surface area contributed by atoms with Crippen LogP contribution >= 0.6 is 46.6 Å². The maximum Gasteiger partial charge on any atom is 0.298 e. The largest absolute Gasteiger partial charge is 0.490 e. The van der Waals surface area contributed by atoms with Crippen LogP contribution in [-0.4, -0.2) is 17.8 Å². The third-order valence-electron chi connectivity index (χ3n) is 5.34. The summed E-state index contributed by atoms with van der Waals surface area (Å²) in [7, 11) is 0. The number of ether oxygens (including phenoxy) is 2. The van der Waals surface area contributed by atoms with E-state index in [0.717, 1.165) is 27.8 Å². The molecule has 0 atom stereocenters. The Morgan fingerprint density at radius 1 is 1.00 bits per heavy atom. The Kier molecular flexibility index (Phi) is 8.87. The molecule has 9 heteroatoms. The molecule has 4 rings (SSSR count). The van der Waals surface area contributed by atoms with E-state index in [-0.39, 0.29) is 6.61 Å². The number of anilines is 1. The van der Waals surface area contributed by atoms with Gasteiger partial charge in [0.05, 0.1) is 27.2 Å². The summed E-state index contributed by atoms with van der Waals surface area (Å²) in [5.41, 5.74) is 2.78. The summed E-state index contributed by atoms with van der Waals surface area (Å²) in [5, 5.41) is 0.960. The van der Waals surface area contributed by atoms with E-state index < -0.39 is 11.1 Å². The Hall–Kier alpha value is -2.90. The van der Waals surface area contributed by atoms with Crippen LogP contribution < -0.4 is 14.4 Å². The number of thioether (sulfide) groups is 1. The Morgan fingerprint density at radius 3 is 2.51 bits per heavy atom. The average molecular weight is 575 g/mol. The summed E-state index contributed by atoms with van der Waals surface area (Å²) in [6.07, 6.45) is 3.93. The van der Waals surface area contributed by atoms with Crippen LogP contribution in [0.15, 0.2) is 72.2 Å². The molecule has 0 spiro atoms. The second-order valence-electron chi connectivity index (χ2n) is 7.97. The minimum absolute atomic E-state index is 0.249. The van der Waals surface area contributed by atoms with Crippen LogP contribution in [0.5, 0.6) is 11.5 Å². The van der Waals surface area contributed by atoms with E-state index in [0.29, 0.717) is 55.8 Å².